The van der Waals surface area contributed by atoms with Gasteiger partial charge < -0.3 is 5.11 Å². The average molecular weight is 503 g/mol. The third-order valence-electron chi connectivity index (χ3n) is 5.33. The molecule has 3 aromatic carbocycles. The molecule has 0 unspecified atom stereocenters. The second kappa shape index (κ2) is 8.61. The van der Waals surface area contributed by atoms with E-state index in [1.165, 1.54) is 61.0 Å². The van der Waals surface area contributed by atoms with Crippen LogP contribution in [0.25, 0.3) is 28.2 Å². The van der Waals surface area contributed by atoms with E-state index in [1.807, 2.05) is 0 Å². The van der Waals surface area contributed by atoms with Crippen molar-refractivity contribution in [2.45, 2.75) is 24.3 Å². The molecule has 0 amide bonds. The van der Waals surface area contributed by atoms with Crippen molar-refractivity contribution in [1.29, 1.82) is 0 Å². The zero-order chi connectivity index (χ0) is 24.8. The van der Waals surface area contributed by atoms with Crippen LogP contribution in [-0.2, 0) is 15.4 Å². The largest absolute Gasteiger partial charge is 0.384 e. The molecule has 0 atom stereocenters. The summed E-state index contributed by atoms with van der Waals surface area (Å²) >= 11 is 6.17. The number of aromatic nitrogens is 2. The minimum Gasteiger partial charge on any atom is -0.384 e. The predicted octanol–water partition coefficient (Wildman–Crippen LogP) is 5.77. The van der Waals surface area contributed by atoms with E-state index in [0.29, 0.717) is 11.1 Å². The van der Waals surface area contributed by atoms with Gasteiger partial charge in [-0.05, 0) is 61.4 Å². The van der Waals surface area contributed by atoms with Crippen LogP contribution < -0.4 is 0 Å². The van der Waals surface area contributed by atoms with E-state index in [0.717, 1.165) is 6.26 Å². The van der Waals surface area contributed by atoms with E-state index in [2.05, 4.69) is 4.98 Å². The van der Waals surface area contributed by atoms with E-state index in [-0.39, 0.29) is 32.7 Å². The van der Waals surface area contributed by atoms with E-state index >= 15 is 4.39 Å². The Kier molecular flexibility index (Phi) is 6.10. The van der Waals surface area contributed by atoms with Gasteiger partial charge in [0.1, 0.15) is 23.1 Å². The minimum absolute atomic E-state index is 0.0985. The Morgan fingerprint density at radius 2 is 1.65 bits per heavy atom. The Labute approximate surface area is 201 Å². The Morgan fingerprint density at radius 3 is 2.29 bits per heavy atom. The van der Waals surface area contributed by atoms with Crippen LogP contribution in [0.3, 0.4) is 0 Å². The summed E-state index contributed by atoms with van der Waals surface area (Å²) in [6, 6.07) is 14.9. The molecule has 0 aliphatic heterocycles. The molecule has 5 nitrogen and oxygen atoms in total. The fourth-order valence-corrected chi connectivity index (χ4v) is 4.39. The summed E-state index contributed by atoms with van der Waals surface area (Å²) in [5.74, 6) is -1.12. The molecule has 0 aliphatic carbocycles. The van der Waals surface area contributed by atoms with Gasteiger partial charge in [-0.1, -0.05) is 35.9 Å². The maximum absolute atomic E-state index is 15.4. The molecule has 0 fully saturated rings. The maximum atomic E-state index is 15.4. The molecular formula is C25H21ClF2N2O3S. The van der Waals surface area contributed by atoms with E-state index in [4.69, 9.17) is 11.6 Å². The van der Waals surface area contributed by atoms with Crippen LogP contribution in [0.4, 0.5) is 8.78 Å². The lowest BCUT2D eigenvalue weighted by molar-refractivity contribution is 0.0743. The van der Waals surface area contributed by atoms with Crippen LogP contribution in [-0.4, -0.2) is 29.3 Å². The van der Waals surface area contributed by atoms with Crippen LogP contribution in [0, 0.1) is 11.6 Å². The van der Waals surface area contributed by atoms with Crippen LogP contribution in [0.2, 0.25) is 5.02 Å². The molecule has 0 radical (unpaired) electrons. The molecule has 0 saturated carbocycles. The highest BCUT2D eigenvalue weighted by molar-refractivity contribution is 7.90. The van der Waals surface area contributed by atoms with Crippen molar-refractivity contribution in [3.8, 4) is 28.2 Å². The Morgan fingerprint density at radius 1 is 0.971 bits per heavy atom. The van der Waals surface area contributed by atoms with Gasteiger partial charge in [0.15, 0.2) is 9.84 Å². The van der Waals surface area contributed by atoms with Gasteiger partial charge in [0.25, 0.3) is 0 Å². The second-order valence-electron chi connectivity index (χ2n) is 8.45. The summed E-state index contributed by atoms with van der Waals surface area (Å²) in [5, 5.41) is 10.3. The van der Waals surface area contributed by atoms with Crippen LogP contribution in [0.5, 0.6) is 0 Å². The average Bonchev–Trinajstić information content (AvgIpc) is 3.20. The summed E-state index contributed by atoms with van der Waals surface area (Å²) < 4.78 is 54.7. The first-order valence-corrected chi connectivity index (χ1v) is 12.5. The quantitative estimate of drug-likeness (QED) is 0.376. The fourth-order valence-electron chi connectivity index (χ4n) is 3.51. The van der Waals surface area contributed by atoms with Crippen molar-refractivity contribution in [2.75, 3.05) is 6.26 Å². The minimum atomic E-state index is -3.42. The third kappa shape index (κ3) is 4.61. The van der Waals surface area contributed by atoms with Gasteiger partial charge in [0, 0.05) is 18.0 Å². The number of aliphatic hydroxyl groups is 1. The predicted molar refractivity (Wildman–Crippen MR) is 128 cm³/mol. The first kappa shape index (κ1) is 24.1. The molecule has 4 aromatic rings. The lowest BCUT2D eigenvalue weighted by Gasteiger charge is -2.13. The number of halogens is 3. The zero-order valence-corrected chi connectivity index (χ0v) is 20.1. The molecular weight excluding hydrogens is 482 g/mol. The number of nitrogens with zero attached hydrogens (tertiary/aromatic N) is 2. The van der Waals surface area contributed by atoms with Crippen molar-refractivity contribution in [3.63, 3.8) is 0 Å². The number of imidazole rings is 1. The molecule has 1 N–H and O–H groups in total. The zero-order valence-electron chi connectivity index (χ0n) is 18.6. The Bertz CT molecular complexity index is 1510. The summed E-state index contributed by atoms with van der Waals surface area (Å²) in [4.78, 5) is 4.55. The van der Waals surface area contributed by atoms with Gasteiger partial charge in [-0.2, -0.15) is 0 Å². The third-order valence-corrected chi connectivity index (χ3v) is 6.82. The van der Waals surface area contributed by atoms with Crippen molar-refractivity contribution >= 4 is 21.4 Å². The van der Waals surface area contributed by atoms with Crippen molar-refractivity contribution in [2.24, 2.45) is 0 Å². The molecule has 0 aliphatic rings. The second-order valence-corrected chi connectivity index (χ2v) is 10.8. The molecule has 1 heterocycles. The highest BCUT2D eigenvalue weighted by Gasteiger charge is 2.25. The van der Waals surface area contributed by atoms with Crippen LogP contribution in [0.15, 0.2) is 71.8 Å². The van der Waals surface area contributed by atoms with Gasteiger partial charge in [-0.3, -0.25) is 4.57 Å². The molecule has 4 rings (SSSR count). The Hall–Kier alpha value is -3.07. The molecule has 0 spiro atoms. The number of hydrogen-bond donors (Lipinski definition) is 1. The molecule has 0 bridgehead atoms. The van der Waals surface area contributed by atoms with Gasteiger partial charge >= 0.3 is 0 Å². The van der Waals surface area contributed by atoms with Gasteiger partial charge in [0.05, 0.1) is 21.3 Å². The molecule has 9 heteroatoms. The van der Waals surface area contributed by atoms with E-state index < -0.39 is 27.1 Å². The SMILES string of the molecule is CC(C)(O)c1cn(-c2ccc(-c3cccc(S(C)(=O)=O)c3)cc2F)c(-c2cccc(F)c2Cl)n1. The number of hydrogen-bond acceptors (Lipinski definition) is 4. The van der Waals surface area contributed by atoms with Gasteiger partial charge in [-0.25, -0.2) is 22.2 Å². The number of sulfone groups is 1. The smallest absolute Gasteiger partial charge is 0.175 e. The monoisotopic (exact) mass is 502 g/mol. The van der Waals surface area contributed by atoms with E-state index in [9.17, 15) is 17.9 Å². The topological polar surface area (TPSA) is 72.2 Å². The first-order valence-electron chi connectivity index (χ1n) is 10.2. The summed E-state index contributed by atoms with van der Waals surface area (Å²) in [6.07, 6.45) is 2.58. The lowest BCUT2D eigenvalue weighted by Crippen LogP contribution is -2.15. The summed E-state index contributed by atoms with van der Waals surface area (Å²) in [7, 11) is -3.42. The highest BCUT2D eigenvalue weighted by Crippen LogP contribution is 2.34. The van der Waals surface area contributed by atoms with Gasteiger partial charge in [-0.15, -0.1) is 0 Å². The van der Waals surface area contributed by atoms with Crippen molar-refractivity contribution in [3.05, 3.63) is 89.2 Å². The molecule has 176 valence electrons. The standard InChI is InChI=1S/C25H21ClF2N2O3S/c1-25(2,31)22-14-30(24(29-22)18-8-5-9-19(27)23(18)26)21-11-10-16(13-20(21)28)15-6-4-7-17(12-15)34(3,32)33/h4-14,31H,1-3H3. The normalized spacial score (nSPS) is 12.2. The summed E-state index contributed by atoms with van der Waals surface area (Å²) in [6.45, 7) is 3.07. The summed E-state index contributed by atoms with van der Waals surface area (Å²) in [5.41, 5.74) is 0.238. The number of rotatable bonds is 5. The first-order chi connectivity index (χ1) is 15.9. The molecule has 0 saturated heterocycles. The van der Waals surface area contributed by atoms with Gasteiger partial charge in [0.2, 0.25) is 0 Å². The Balaban J connectivity index is 1.87. The molecule has 34 heavy (non-hydrogen) atoms. The van der Waals surface area contributed by atoms with Crippen LogP contribution >= 0.6 is 11.6 Å². The van der Waals surface area contributed by atoms with E-state index in [1.54, 1.807) is 24.3 Å². The fraction of sp³-hybridized carbons (Fsp3) is 0.160. The highest BCUT2D eigenvalue weighted by atomic mass is 35.5. The van der Waals surface area contributed by atoms with Crippen molar-refractivity contribution < 1.29 is 22.3 Å². The molecule has 1 aromatic heterocycles. The van der Waals surface area contributed by atoms with Crippen LogP contribution in [0.1, 0.15) is 19.5 Å². The number of benzene rings is 3. The maximum Gasteiger partial charge on any atom is 0.175 e. The lowest BCUT2D eigenvalue weighted by atomic mass is 10.0. The van der Waals surface area contributed by atoms with Crippen molar-refractivity contribution in [1.82, 2.24) is 9.55 Å².